The van der Waals surface area contributed by atoms with E-state index in [1.54, 1.807) is 0 Å². The van der Waals surface area contributed by atoms with Crippen LogP contribution in [-0.4, -0.2) is 23.7 Å². The van der Waals surface area contributed by atoms with Gasteiger partial charge in [-0.2, -0.15) is 0 Å². The van der Waals surface area contributed by atoms with E-state index < -0.39 is 0 Å². The lowest BCUT2D eigenvalue weighted by Crippen LogP contribution is -2.60. The summed E-state index contributed by atoms with van der Waals surface area (Å²) in [7, 11) is 0. The minimum atomic E-state index is -0.113. The largest absolute Gasteiger partial charge is 0.396 e. The molecule has 0 radical (unpaired) electrons. The number of ether oxygens (including phenoxy) is 1. The molecule has 3 aliphatic rings. The first-order valence-corrected chi connectivity index (χ1v) is 11.8. The fraction of sp³-hybridized carbons (Fsp3) is 0.370. The number of nitrogen functional groups attached to an aromatic ring is 3. The van der Waals surface area contributed by atoms with Crippen LogP contribution in [0.15, 0.2) is 66.7 Å². The second-order valence-electron chi connectivity index (χ2n) is 9.54. The number of aromatic nitrogens is 1. The van der Waals surface area contributed by atoms with E-state index in [2.05, 4.69) is 64.9 Å². The first kappa shape index (κ1) is 21.7. The number of rotatable bonds is 7. The van der Waals surface area contributed by atoms with E-state index in [1.165, 1.54) is 11.1 Å². The minimum Gasteiger partial charge on any atom is -0.396 e. The number of pyridine rings is 1. The second kappa shape index (κ2) is 8.69. The van der Waals surface area contributed by atoms with Gasteiger partial charge in [-0.3, -0.25) is 0 Å². The Morgan fingerprint density at radius 3 is 2.21 bits per heavy atom. The molecule has 6 rings (SSSR count). The quantitative estimate of drug-likeness (QED) is 0.436. The predicted molar refractivity (Wildman–Crippen MR) is 134 cm³/mol. The van der Waals surface area contributed by atoms with Crippen LogP contribution < -0.4 is 22.5 Å². The highest BCUT2D eigenvalue weighted by molar-refractivity contribution is 5.68. The van der Waals surface area contributed by atoms with Gasteiger partial charge in [0.1, 0.15) is 11.6 Å². The van der Waals surface area contributed by atoms with Crippen molar-refractivity contribution in [3.63, 3.8) is 0 Å². The van der Waals surface area contributed by atoms with Crippen LogP contribution in [0.25, 0.3) is 0 Å². The summed E-state index contributed by atoms with van der Waals surface area (Å²) in [4.78, 5) is 4.12. The molecule has 3 aromatic rings. The lowest BCUT2D eigenvalue weighted by atomic mass is 9.68. The van der Waals surface area contributed by atoms with Gasteiger partial charge in [-0.05, 0) is 61.4 Å². The minimum absolute atomic E-state index is 0.0413. The molecular weight excluding hydrogens is 410 g/mol. The van der Waals surface area contributed by atoms with Crippen molar-refractivity contribution < 1.29 is 4.74 Å². The molecule has 0 spiro atoms. The molecule has 33 heavy (non-hydrogen) atoms. The monoisotopic (exact) mass is 443 g/mol. The normalized spacial score (nSPS) is 25.1. The van der Waals surface area contributed by atoms with Gasteiger partial charge in [0.05, 0.1) is 17.9 Å². The Balaban J connectivity index is 1.30. The molecule has 1 aliphatic carbocycles. The Labute approximate surface area is 195 Å². The van der Waals surface area contributed by atoms with Crippen LogP contribution in [0.4, 0.5) is 17.3 Å². The summed E-state index contributed by atoms with van der Waals surface area (Å²) in [5, 5.41) is 3.87. The van der Waals surface area contributed by atoms with Crippen molar-refractivity contribution in [2.75, 3.05) is 30.4 Å². The molecule has 3 fully saturated rings. The van der Waals surface area contributed by atoms with Crippen LogP contribution in [0.2, 0.25) is 0 Å². The summed E-state index contributed by atoms with van der Waals surface area (Å²) in [6.07, 6.45) is 5.22. The predicted octanol–water partition coefficient (Wildman–Crippen LogP) is 4.18. The van der Waals surface area contributed by atoms with Gasteiger partial charge in [0, 0.05) is 11.5 Å². The van der Waals surface area contributed by atoms with E-state index in [-0.39, 0.29) is 17.1 Å². The van der Waals surface area contributed by atoms with Gasteiger partial charge in [0.25, 0.3) is 0 Å². The molecule has 1 unspecified atom stereocenters. The molecule has 0 amide bonds. The van der Waals surface area contributed by atoms with Crippen LogP contribution in [0.1, 0.15) is 54.7 Å². The van der Waals surface area contributed by atoms with Crippen molar-refractivity contribution in [3.8, 4) is 0 Å². The Hall–Kier alpha value is -3.09. The number of benzene rings is 2. The van der Waals surface area contributed by atoms with Crippen LogP contribution in [-0.2, 0) is 10.3 Å². The number of nitrogens with one attached hydrogen (secondary N) is 1. The first-order valence-electron chi connectivity index (χ1n) is 11.8. The van der Waals surface area contributed by atoms with Crippen molar-refractivity contribution in [2.24, 2.45) is 0 Å². The molecule has 2 aromatic carbocycles. The molecule has 1 saturated carbocycles. The Morgan fingerprint density at radius 1 is 0.909 bits per heavy atom. The summed E-state index contributed by atoms with van der Waals surface area (Å²) in [5.74, 6) is 0.774. The van der Waals surface area contributed by atoms with Crippen molar-refractivity contribution >= 4 is 17.3 Å². The van der Waals surface area contributed by atoms with Gasteiger partial charge in [-0.25, -0.2) is 4.98 Å². The highest BCUT2D eigenvalue weighted by atomic mass is 16.5. The fourth-order valence-corrected chi connectivity index (χ4v) is 5.61. The van der Waals surface area contributed by atoms with Gasteiger partial charge in [-0.1, -0.05) is 60.7 Å². The van der Waals surface area contributed by atoms with E-state index in [4.69, 9.17) is 21.9 Å². The van der Waals surface area contributed by atoms with E-state index in [0.29, 0.717) is 17.3 Å². The molecule has 3 heterocycles. The molecule has 6 nitrogen and oxygen atoms in total. The Kier molecular flexibility index (Phi) is 5.72. The topological polar surface area (TPSA) is 112 Å². The van der Waals surface area contributed by atoms with Crippen molar-refractivity contribution in [3.05, 3.63) is 83.4 Å². The Morgan fingerprint density at radius 2 is 1.58 bits per heavy atom. The maximum Gasteiger partial charge on any atom is 0.149 e. The third-order valence-corrected chi connectivity index (χ3v) is 7.59. The molecule has 1 aromatic heterocycles. The summed E-state index contributed by atoms with van der Waals surface area (Å²) in [6, 6.07) is 22.9. The van der Waals surface area contributed by atoms with E-state index in [1.807, 2.05) is 12.1 Å². The van der Waals surface area contributed by atoms with Crippen LogP contribution in [0.3, 0.4) is 0 Å². The summed E-state index contributed by atoms with van der Waals surface area (Å²) >= 11 is 0. The maximum absolute atomic E-state index is 6.51. The lowest BCUT2D eigenvalue weighted by molar-refractivity contribution is -0.168. The highest BCUT2D eigenvalue weighted by Crippen LogP contribution is 2.49. The molecule has 7 N–H and O–H groups in total. The van der Waals surface area contributed by atoms with Crippen molar-refractivity contribution in [2.45, 2.75) is 49.2 Å². The first-order chi connectivity index (χ1) is 16.0. The van der Waals surface area contributed by atoms with E-state index in [9.17, 15) is 0 Å². The standard InChI is InChI=1S/C27H33N5O/c28-23-17-22(24(29)25(30)32-23)21(19-7-3-1-4-8-19)11-16-31-26-12-14-27(15-13-26,33-18-26)20-9-5-2-6-10-20/h1-10,17,21,31H,11-16,18,29H2,(H4,28,30,32). The Bertz CT molecular complexity index is 1080. The van der Waals surface area contributed by atoms with Gasteiger partial charge < -0.3 is 27.3 Å². The summed E-state index contributed by atoms with van der Waals surface area (Å²) < 4.78 is 6.51. The molecule has 2 saturated heterocycles. The average Bonchev–Trinajstić information content (AvgIpc) is 2.86. The van der Waals surface area contributed by atoms with Gasteiger partial charge in [0.15, 0.2) is 0 Å². The molecular formula is C27H33N5O. The number of nitrogens with two attached hydrogens (primary N) is 3. The smallest absolute Gasteiger partial charge is 0.149 e. The zero-order valence-corrected chi connectivity index (χ0v) is 19.0. The van der Waals surface area contributed by atoms with E-state index in [0.717, 1.165) is 50.8 Å². The third kappa shape index (κ3) is 4.16. The fourth-order valence-electron chi connectivity index (χ4n) is 5.61. The number of hydrogen-bond acceptors (Lipinski definition) is 6. The van der Waals surface area contributed by atoms with E-state index >= 15 is 0 Å². The van der Waals surface area contributed by atoms with Crippen LogP contribution >= 0.6 is 0 Å². The molecule has 2 bridgehead atoms. The average molecular weight is 444 g/mol. The van der Waals surface area contributed by atoms with Gasteiger partial charge in [-0.15, -0.1) is 0 Å². The maximum atomic E-state index is 6.51. The number of anilines is 3. The molecule has 1 atom stereocenters. The zero-order valence-electron chi connectivity index (χ0n) is 19.0. The third-order valence-electron chi connectivity index (χ3n) is 7.59. The molecule has 172 valence electrons. The number of nitrogens with zero attached hydrogens (tertiary/aromatic N) is 1. The van der Waals surface area contributed by atoms with Crippen molar-refractivity contribution in [1.82, 2.24) is 10.3 Å². The summed E-state index contributed by atoms with van der Waals surface area (Å²) in [5.41, 5.74) is 22.3. The van der Waals surface area contributed by atoms with Crippen LogP contribution in [0.5, 0.6) is 0 Å². The molecule has 6 heteroatoms. The van der Waals surface area contributed by atoms with Gasteiger partial charge in [0.2, 0.25) is 0 Å². The highest BCUT2D eigenvalue weighted by Gasteiger charge is 2.50. The molecule has 2 aliphatic heterocycles. The van der Waals surface area contributed by atoms with Gasteiger partial charge >= 0.3 is 0 Å². The summed E-state index contributed by atoms with van der Waals surface area (Å²) in [6.45, 7) is 1.60. The number of fused-ring (bicyclic) bond motifs is 3. The lowest BCUT2D eigenvalue weighted by Gasteiger charge is -2.54. The second-order valence-corrected chi connectivity index (χ2v) is 9.54. The number of hydrogen-bond donors (Lipinski definition) is 4. The zero-order chi connectivity index (χ0) is 22.9. The van der Waals surface area contributed by atoms with Crippen molar-refractivity contribution in [1.29, 1.82) is 0 Å². The van der Waals surface area contributed by atoms with Crippen LogP contribution in [0, 0.1) is 0 Å². The SMILES string of the molecule is Nc1cc(C(CCNC23CCC(c4ccccc4)(CC2)OC3)c2ccccc2)c(N)c(N)n1.